The molecule has 0 saturated heterocycles. The molecule has 30 heavy (non-hydrogen) atoms. The van der Waals surface area contributed by atoms with Crippen LogP contribution < -0.4 is 9.47 Å². The quantitative estimate of drug-likeness (QED) is 0.402. The highest BCUT2D eigenvalue weighted by Crippen LogP contribution is 2.47. The van der Waals surface area contributed by atoms with Crippen LogP contribution in [-0.2, 0) is 11.3 Å². The van der Waals surface area contributed by atoms with Crippen LogP contribution in [-0.4, -0.2) is 30.6 Å². The number of hydrogen-bond donors (Lipinski definition) is 0. The molecule has 5 nitrogen and oxygen atoms in total. The molecule has 0 radical (unpaired) electrons. The van der Waals surface area contributed by atoms with E-state index < -0.39 is 0 Å². The van der Waals surface area contributed by atoms with Gasteiger partial charge in [-0.05, 0) is 61.1 Å². The van der Waals surface area contributed by atoms with Crippen molar-refractivity contribution < 1.29 is 18.7 Å². The second kappa shape index (κ2) is 8.82. The third-order valence-corrected chi connectivity index (χ3v) is 5.72. The van der Waals surface area contributed by atoms with Crippen molar-refractivity contribution in [3.8, 4) is 11.5 Å². The second-order valence-electron chi connectivity index (χ2n) is 8.16. The van der Waals surface area contributed by atoms with Crippen molar-refractivity contribution in [1.29, 1.82) is 0 Å². The number of rotatable bonds is 10. The maximum atomic E-state index is 12.9. The fraction of sp³-hybridized carbons (Fsp3) is 0.400. The van der Waals surface area contributed by atoms with Gasteiger partial charge in [0.05, 0.1) is 13.7 Å². The largest absolute Gasteiger partial charge is 0.493 e. The Hall–Kier alpha value is -2.95. The Morgan fingerprint density at radius 2 is 2.07 bits per heavy atom. The van der Waals surface area contributed by atoms with Crippen LogP contribution in [0.15, 0.2) is 53.5 Å². The van der Waals surface area contributed by atoms with Gasteiger partial charge in [0.1, 0.15) is 18.1 Å². The van der Waals surface area contributed by atoms with E-state index in [-0.39, 0.29) is 5.91 Å². The van der Waals surface area contributed by atoms with Gasteiger partial charge in [-0.15, -0.1) is 0 Å². The molecule has 2 atom stereocenters. The van der Waals surface area contributed by atoms with Gasteiger partial charge < -0.3 is 18.8 Å². The van der Waals surface area contributed by atoms with Crippen molar-refractivity contribution in [3.63, 3.8) is 0 Å². The molecule has 2 aromatic rings. The Labute approximate surface area is 178 Å². The van der Waals surface area contributed by atoms with Crippen molar-refractivity contribution in [2.75, 3.05) is 13.7 Å². The van der Waals surface area contributed by atoms with E-state index in [1.165, 1.54) is 6.42 Å². The number of methoxy groups -OCH3 is 1. The highest BCUT2D eigenvalue weighted by Gasteiger charge is 2.37. The second-order valence-corrected chi connectivity index (χ2v) is 8.16. The van der Waals surface area contributed by atoms with E-state index in [0.29, 0.717) is 42.5 Å². The lowest BCUT2D eigenvalue weighted by atomic mass is 10.2. The summed E-state index contributed by atoms with van der Waals surface area (Å²) in [6.07, 6.45) is 8.43. The van der Waals surface area contributed by atoms with Crippen molar-refractivity contribution in [2.45, 2.75) is 44.7 Å². The van der Waals surface area contributed by atoms with Crippen LogP contribution in [0.2, 0.25) is 0 Å². The van der Waals surface area contributed by atoms with Crippen LogP contribution in [0.25, 0.3) is 6.08 Å². The average Bonchev–Trinajstić information content (AvgIpc) is 3.68. The molecule has 2 fully saturated rings. The maximum absolute atomic E-state index is 12.9. The fourth-order valence-corrected chi connectivity index (χ4v) is 3.66. The standard InChI is InChI=1S/C25H29NO4/c1-4-13-29-23-10-5-18(15-24(23)28-3)6-12-25(27)26(19-7-8-19)16-20-9-11-22(30-20)21-14-17(21)2/h4-6,9-12,15,17,19,21H,1,7-8,13-14,16H2,2-3H3/b12-6+. The van der Waals surface area contributed by atoms with Crippen LogP contribution in [0.1, 0.15) is 49.2 Å². The number of benzene rings is 1. The van der Waals surface area contributed by atoms with E-state index >= 15 is 0 Å². The molecule has 1 aromatic heterocycles. The molecule has 2 aliphatic rings. The van der Waals surface area contributed by atoms with E-state index in [4.69, 9.17) is 13.9 Å². The van der Waals surface area contributed by atoms with E-state index in [1.807, 2.05) is 35.2 Å². The molecule has 4 rings (SSSR count). The predicted molar refractivity (Wildman–Crippen MR) is 117 cm³/mol. The summed E-state index contributed by atoms with van der Waals surface area (Å²) < 4.78 is 17.0. The molecule has 0 aliphatic heterocycles. The zero-order valence-corrected chi connectivity index (χ0v) is 17.7. The molecular weight excluding hydrogens is 378 g/mol. The Morgan fingerprint density at radius 1 is 1.27 bits per heavy atom. The molecule has 0 N–H and O–H groups in total. The lowest BCUT2D eigenvalue weighted by Gasteiger charge is -2.19. The van der Waals surface area contributed by atoms with Gasteiger partial charge in [0.2, 0.25) is 5.91 Å². The number of carbonyl (C=O) groups is 1. The third kappa shape index (κ3) is 4.78. The van der Waals surface area contributed by atoms with Gasteiger partial charge in [0, 0.05) is 18.0 Å². The van der Waals surface area contributed by atoms with Gasteiger partial charge >= 0.3 is 0 Å². The summed E-state index contributed by atoms with van der Waals surface area (Å²) in [4.78, 5) is 14.8. The monoisotopic (exact) mass is 407 g/mol. The molecule has 1 heterocycles. The predicted octanol–water partition coefficient (Wildman–Crippen LogP) is 5.18. The molecule has 1 aromatic carbocycles. The topological polar surface area (TPSA) is 51.9 Å². The third-order valence-electron chi connectivity index (χ3n) is 5.72. The number of hydrogen-bond acceptors (Lipinski definition) is 4. The Bertz CT molecular complexity index is 940. The number of carbonyl (C=O) groups excluding carboxylic acids is 1. The Morgan fingerprint density at radius 3 is 2.73 bits per heavy atom. The number of amides is 1. The molecule has 0 spiro atoms. The SMILES string of the molecule is C=CCOc1ccc(/C=C/C(=O)N(Cc2ccc(C3CC3C)o2)C2CC2)cc1OC. The lowest BCUT2D eigenvalue weighted by molar-refractivity contribution is -0.127. The minimum absolute atomic E-state index is 0.00110. The summed E-state index contributed by atoms with van der Waals surface area (Å²) in [5, 5.41) is 0. The van der Waals surface area contributed by atoms with Crippen molar-refractivity contribution in [1.82, 2.24) is 4.90 Å². The van der Waals surface area contributed by atoms with Crippen molar-refractivity contribution in [2.24, 2.45) is 5.92 Å². The first-order valence-corrected chi connectivity index (χ1v) is 10.6. The summed E-state index contributed by atoms with van der Waals surface area (Å²) in [5.41, 5.74) is 0.880. The smallest absolute Gasteiger partial charge is 0.247 e. The Balaban J connectivity index is 1.42. The van der Waals surface area contributed by atoms with Crippen molar-refractivity contribution >= 4 is 12.0 Å². The van der Waals surface area contributed by atoms with E-state index in [1.54, 1.807) is 19.3 Å². The number of nitrogens with zero attached hydrogens (tertiary/aromatic N) is 1. The molecular formula is C25H29NO4. The minimum atomic E-state index is 0.00110. The lowest BCUT2D eigenvalue weighted by Crippen LogP contribution is -2.30. The first-order chi connectivity index (χ1) is 14.6. The van der Waals surface area contributed by atoms with Crippen molar-refractivity contribution in [3.05, 3.63) is 66.1 Å². The molecule has 2 aliphatic carbocycles. The fourth-order valence-electron chi connectivity index (χ4n) is 3.66. The van der Waals surface area contributed by atoms with E-state index in [2.05, 4.69) is 19.6 Å². The maximum Gasteiger partial charge on any atom is 0.247 e. The highest BCUT2D eigenvalue weighted by molar-refractivity contribution is 5.92. The van der Waals surface area contributed by atoms with Gasteiger partial charge in [-0.25, -0.2) is 0 Å². The first kappa shape index (κ1) is 20.3. The number of furan rings is 1. The zero-order chi connectivity index (χ0) is 21.1. The first-order valence-electron chi connectivity index (χ1n) is 10.6. The minimum Gasteiger partial charge on any atom is -0.493 e. The van der Waals surface area contributed by atoms with Gasteiger partial charge in [-0.3, -0.25) is 4.79 Å². The molecule has 1 amide bonds. The zero-order valence-electron chi connectivity index (χ0n) is 17.7. The normalized spacial score (nSPS) is 20.2. The molecule has 0 bridgehead atoms. The van der Waals surface area contributed by atoms with Crippen LogP contribution in [0.5, 0.6) is 11.5 Å². The van der Waals surface area contributed by atoms with Gasteiger partial charge in [0.15, 0.2) is 11.5 Å². The number of ether oxygens (including phenoxy) is 2. The van der Waals surface area contributed by atoms with Crippen LogP contribution in [0.3, 0.4) is 0 Å². The molecule has 5 heteroatoms. The molecule has 158 valence electrons. The van der Waals surface area contributed by atoms with E-state index in [0.717, 1.165) is 29.9 Å². The summed E-state index contributed by atoms with van der Waals surface area (Å²) in [7, 11) is 1.60. The summed E-state index contributed by atoms with van der Waals surface area (Å²) in [5.74, 6) is 4.46. The van der Waals surface area contributed by atoms with Crippen LogP contribution in [0, 0.1) is 5.92 Å². The summed E-state index contributed by atoms with van der Waals surface area (Å²) in [6, 6.07) is 9.99. The van der Waals surface area contributed by atoms with Crippen LogP contribution in [0.4, 0.5) is 0 Å². The summed E-state index contributed by atoms with van der Waals surface area (Å²) in [6.45, 7) is 6.83. The van der Waals surface area contributed by atoms with Gasteiger partial charge in [-0.2, -0.15) is 0 Å². The average molecular weight is 408 g/mol. The van der Waals surface area contributed by atoms with Crippen LogP contribution >= 0.6 is 0 Å². The Kier molecular flexibility index (Phi) is 5.98. The molecule has 2 unspecified atom stereocenters. The summed E-state index contributed by atoms with van der Waals surface area (Å²) >= 11 is 0. The molecule has 2 saturated carbocycles. The van der Waals surface area contributed by atoms with Gasteiger partial charge in [0.25, 0.3) is 0 Å². The van der Waals surface area contributed by atoms with E-state index in [9.17, 15) is 4.79 Å². The van der Waals surface area contributed by atoms with Gasteiger partial charge in [-0.1, -0.05) is 25.6 Å². The highest BCUT2D eigenvalue weighted by atomic mass is 16.5.